The molecule has 1 aromatic carbocycles. The van der Waals surface area contributed by atoms with E-state index < -0.39 is 12.0 Å². The number of hydrogen-bond donors (Lipinski definition) is 2. The number of nitrogens with one attached hydrogen (secondary N) is 1. The van der Waals surface area contributed by atoms with Crippen LogP contribution in [0.2, 0.25) is 0 Å². The van der Waals surface area contributed by atoms with E-state index >= 15 is 0 Å². The first kappa shape index (κ1) is 18.6. The minimum atomic E-state index is -0.950. The second-order valence-electron chi connectivity index (χ2n) is 5.44. The number of methoxy groups -OCH3 is 2. The highest BCUT2D eigenvalue weighted by atomic mass is 16.5. The van der Waals surface area contributed by atoms with Crippen molar-refractivity contribution in [2.24, 2.45) is 0 Å². The highest BCUT2D eigenvalue weighted by molar-refractivity contribution is 5.90. The normalized spacial score (nSPS) is 10.3. The number of ether oxygens (including phenoxy) is 2. The van der Waals surface area contributed by atoms with E-state index in [-0.39, 0.29) is 18.9 Å². The van der Waals surface area contributed by atoms with E-state index in [1.165, 1.54) is 11.9 Å². The van der Waals surface area contributed by atoms with Gasteiger partial charge in [-0.15, -0.1) is 0 Å². The number of benzene rings is 1. The second-order valence-corrected chi connectivity index (χ2v) is 5.44. The van der Waals surface area contributed by atoms with E-state index in [2.05, 4.69) is 5.32 Å². The summed E-state index contributed by atoms with van der Waals surface area (Å²) in [7, 11) is 4.66. The number of carbonyl (C=O) groups excluding carboxylic acids is 1. The molecule has 0 saturated heterocycles. The van der Waals surface area contributed by atoms with Crippen LogP contribution in [0, 0.1) is 0 Å². The number of carboxylic acid groups (broad SMARTS) is 1. The SMILES string of the molecule is COc1cc(NC(=O)N(C)CCC(=O)O)cc(OC)c1C(C)C. The van der Waals surface area contributed by atoms with Gasteiger partial charge >= 0.3 is 12.0 Å². The maximum absolute atomic E-state index is 12.1. The quantitative estimate of drug-likeness (QED) is 0.805. The summed E-state index contributed by atoms with van der Waals surface area (Å²) in [6, 6.07) is 3.05. The molecule has 0 fully saturated rings. The zero-order chi connectivity index (χ0) is 17.6. The number of nitrogens with zero attached hydrogens (tertiary/aromatic N) is 1. The Balaban J connectivity index is 2.96. The fourth-order valence-electron chi connectivity index (χ4n) is 2.16. The van der Waals surface area contributed by atoms with Crippen molar-refractivity contribution < 1.29 is 24.2 Å². The first-order valence-electron chi connectivity index (χ1n) is 7.30. The monoisotopic (exact) mass is 324 g/mol. The van der Waals surface area contributed by atoms with Crippen LogP contribution in [0.25, 0.3) is 0 Å². The van der Waals surface area contributed by atoms with Crippen LogP contribution in [0.3, 0.4) is 0 Å². The largest absolute Gasteiger partial charge is 0.496 e. The fraction of sp³-hybridized carbons (Fsp3) is 0.500. The van der Waals surface area contributed by atoms with Gasteiger partial charge in [0.25, 0.3) is 0 Å². The highest BCUT2D eigenvalue weighted by Gasteiger charge is 2.17. The van der Waals surface area contributed by atoms with E-state index in [0.29, 0.717) is 17.2 Å². The van der Waals surface area contributed by atoms with Crippen molar-refractivity contribution in [3.63, 3.8) is 0 Å². The third-order valence-electron chi connectivity index (χ3n) is 3.38. The van der Waals surface area contributed by atoms with Gasteiger partial charge in [-0.1, -0.05) is 13.8 Å². The summed E-state index contributed by atoms with van der Waals surface area (Å²) < 4.78 is 10.8. The number of carboxylic acids is 1. The Hall–Kier alpha value is -2.44. The van der Waals surface area contributed by atoms with Crippen molar-refractivity contribution in [2.45, 2.75) is 26.2 Å². The van der Waals surface area contributed by atoms with Crippen LogP contribution < -0.4 is 14.8 Å². The average Bonchev–Trinajstić information content (AvgIpc) is 2.50. The van der Waals surface area contributed by atoms with Gasteiger partial charge in [0.05, 0.1) is 20.6 Å². The topological polar surface area (TPSA) is 88.1 Å². The summed E-state index contributed by atoms with van der Waals surface area (Å²) in [6.45, 7) is 4.18. The van der Waals surface area contributed by atoms with Gasteiger partial charge in [-0.2, -0.15) is 0 Å². The van der Waals surface area contributed by atoms with Gasteiger partial charge in [0.15, 0.2) is 0 Å². The fourth-order valence-corrected chi connectivity index (χ4v) is 2.16. The average molecular weight is 324 g/mol. The van der Waals surface area contributed by atoms with Crippen molar-refractivity contribution in [3.05, 3.63) is 17.7 Å². The third-order valence-corrected chi connectivity index (χ3v) is 3.38. The van der Waals surface area contributed by atoms with E-state index in [1.54, 1.807) is 26.4 Å². The molecule has 23 heavy (non-hydrogen) atoms. The smallest absolute Gasteiger partial charge is 0.321 e. The number of carbonyl (C=O) groups is 2. The van der Waals surface area contributed by atoms with Crippen LogP contribution in [0.1, 0.15) is 31.7 Å². The Kier molecular flexibility index (Phi) is 6.68. The zero-order valence-electron chi connectivity index (χ0n) is 14.2. The van der Waals surface area contributed by atoms with Crippen LogP contribution in [-0.4, -0.2) is 49.8 Å². The first-order valence-corrected chi connectivity index (χ1v) is 7.30. The van der Waals surface area contributed by atoms with E-state index in [0.717, 1.165) is 5.56 Å². The minimum Gasteiger partial charge on any atom is -0.496 e. The van der Waals surface area contributed by atoms with Crippen LogP contribution >= 0.6 is 0 Å². The maximum atomic E-state index is 12.1. The van der Waals surface area contributed by atoms with Crippen LogP contribution in [0.5, 0.6) is 11.5 Å². The van der Waals surface area contributed by atoms with Crippen molar-refractivity contribution >= 4 is 17.7 Å². The van der Waals surface area contributed by atoms with Gasteiger partial charge in [-0.3, -0.25) is 4.79 Å². The van der Waals surface area contributed by atoms with Gasteiger partial charge in [0, 0.05) is 37.0 Å². The first-order chi connectivity index (χ1) is 10.8. The number of anilines is 1. The van der Waals surface area contributed by atoms with Crippen molar-refractivity contribution in [3.8, 4) is 11.5 Å². The summed E-state index contributed by atoms with van der Waals surface area (Å²) >= 11 is 0. The number of urea groups is 1. The Morgan fingerprint density at radius 2 is 1.74 bits per heavy atom. The number of hydrogen-bond acceptors (Lipinski definition) is 4. The summed E-state index contributed by atoms with van der Waals surface area (Å²) in [5.41, 5.74) is 1.45. The number of amides is 2. The third kappa shape index (κ3) is 5.05. The maximum Gasteiger partial charge on any atom is 0.321 e. The number of aliphatic carboxylic acids is 1. The predicted octanol–water partition coefficient (Wildman–Crippen LogP) is 2.77. The predicted molar refractivity (Wildman–Crippen MR) is 87.5 cm³/mol. The van der Waals surface area contributed by atoms with Gasteiger partial charge in [0.1, 0.15) is 11.5 Å². The molecule has 0 saturated carbocycles. The lowest BCUT2D eigenvalue weighted by molar-refractivity contribution is -0.137. The molecule has 0 radical (unpaired) electrons. The summed E-state index contributed by atoms with van der Waals surface area (Å²) in [6.07, 6.45) is -0.108. The molecule has 7 nitrogen and oxygen atoms in total. The van der Waals surface area contributed by atoms with Crippen LogP contribution in [0.15, 0.2) is 12.1 Å². The van der Waals surface area contributed by atoms with E-state index in [1.807, 2.05) is 13.8 Å². The molecule has 0 spiro atoms. The Morgan fingerprint density at radius 1 is 1.22 bits per heavy atom. The minimum absolute atomic E-state index is 0.108. The van der Waals surface area contributed by atoms with Crippen LogP contribution in [-0.2, 0) is 4.79 Å². The van der Waals surface area contributed by atoms with Crippen molar-refractivity contribution in [1.82, 2.24) is 4.90 Å². The molecule has 7 heteroatoms. The molecule has 2 N–H and O–H groups in total. The standard InChI is InChI=1S/C16H24N2O5/c1-10(2)15-12(22-4)8-11(9-13(15)23-5)17-16(21)18(3)7-6-14(19)20/h8-10H,6-7H2,1-5H3,(H,17,21)(H,19,20). The summed E-state index contributed by atoms with van der Waals surface area (Å²) in [4.78, 5) is 24.0. The van der Waals surface area contributed by atoms with Crippen molar-refractivity contribution in [1.29, 1.82) is 0 Å². The van der Waals surface area contributed by atoms with E-state index in [9.17, 15) is 9.59 Å². The Labute approximate surface area is 136 Å². The summed E-state index contributed by atoms with van der Waals surface area (Å²) in [5, 5.41) is 11.4. The molecular formula is C16H24N2O5. The molecule has 0 unspecified atom stereocenters. The van der Waals surface area contributed by atoms with E-state index in [4.69, 9.17) is 14.6 Å². The molecule has 0 aliphatic heterocycles. The molecule has 0 aliphatic rings. The zero-order valence-corrected chi connectivity index (χ0v) is 14.2. The molecule has 0 aliphatic carbocycles. The number of rotatable bonds is 7. The molecule has 0 atom stereocenters. The van der Waals surface area contributed by atoms with Crippen molar-refractivity contribution in [2.75, 3.05) is 33.1 Å². The molecule has 0 bridgehead atoms. The lowest BCUT2D eigenvalue weighted by Gasteiger charge is -2.20. The molecule has 1 aromatic rings. The second kappa shape index (κ2) is 8.26. The molecule has 1 rings (SSSR count). The molecule has 2 amide bonds. The molecule has 0 aromatic heterocycles. The lowest BCUT2D eigenvalue weighted by Crippen LogP contribution is -2.33. The molecule has 128 valence electrons. The van der Waals surface area contributed by atoms with Gasteiger partial charge in [0.2, 0.25) is 0 Å². The highest BCUT2D eigenvalue weighted by Crippen LogP contribution is 2.38. The molecule has 0 heterocycles. The van der Waals surface area contributed by atoms with Crippen LogP contribution in [0.4, 0.5) is 10.5 Å². The lowest BCUT2D eigenvalue weighted by atomic mass is 10.00. The van der Waals surface area contributed by atoms with Gasteiger partial charge < -0.3 is 24.8 Å². The summed E-state index contributed by atoms with van der Waals surface area (Å²) in [5.74, 6) is 0.503. The van der Waals surface area contributed by atoms with Gasteiger partial charge in [-0.25, -0.2) is 4.79 Å². The van der Waals surface area contributed by atoms with Gasteiger partial charge in [-0.05, 0) is 5.92 Å². The molecular weight excluding hydrogens is 300 g/mol. The Bertz CT molecular complexity index is 547. The Morgan fingerprint density at radius 3 is 2.13 bits per heavy atom.